The Morgan fingerprint density at radius 2 is 1.93 bits per heavy atom. The van der Waals surface area contributed by atoms with Gasteiger partial charge in [0.2, 0.25) is 5.90 Å². The van der Waals surface area contributed by atoms with E-state index in [0.29, 0.717) is 24.0 Å². The van der Waals surface area contributed by atoms with Crippen LogP contribution in [0.15, 0.2) is 65.3 Å². The molecule has 0 N–H and O–H groups in total. The zero-order valence-electron chi connectivity index (χ0n) is 15.9. The first-order chi connectivity index (χ1) is 14.1. The first-order valence-corrected chi connectivity index (χ1v) is 10.2. The van der Waals surface area contributed by atoms with E-state index in [1.807, 2.05) is 61.5 Å². The molecule has 0 atom stereocenters. The SMILES string of the molecule is CCOc1c(I)cc(C=C2N=C(c3cccc4ccccc34)OC2=O)cc1OC. The van der Waals surface area contributed by atoms with Crippen LogP contribution in [-0.4, -0.2) is 25.6 Å². The average molecular weight is 499 g/mol. The number of halogens is 1. The van der Waals surface area contributed by atoms with Crippen LogP contribution in [0.3, 0.4) is 0 Å². The van der Waals surface area contributed by atoms with E-state index >= 15 is 0 Å². The molecule has 1 heterocycles. The Hall–Kier alpha value is -2.87. The molecule has 1 aliphatic heterocycles. The van der Waals surface area contributed by atoms with Crippen LogP contribution in [0.5, 0.6) is 11.5 Å². The number of aliphatic imine (C=N–C) groups is 1. The molecule has 0 spiro atoms. The molecule has 0 aromatic heterocycles. The fraction of sp³-hybridized carbons (Fsp3) is 0.130. The quantitative estimate of drug-likeness (QED) is 0.275. The Balaban J connectivity index is 1.74. The van der Waals surface area contributed by atoms with Gasteiger partial charge in [-0.3, -0.25) is 0 Å². The fourth-order valence-corrected chi connectivity index (χ4v) is 3.98. The zero-order valence-corrected chi connectivity index (χ0v) is 18.1. The van der Waals surface area contributed by atoms with Gasteiger partial charge in [0.25, 0.3) is 0 Å². The molecule has 0 saturated heterocycles. The van der Waals surface area contributed by atoms with Gasteiger partial charge >= 0.3 is 5.97 Å². The number of esters is 1. The second-order valence-electron chi connectivity index (χ2n) is 6.33. The second kappa shape index (κ2) is 8.24. The van der Waals surface area contributed by atoms with Gasteiger partial charge in [-0.25, -0.2) is 9.79 Å². The molecular formula is C23H18INO4. The summed E-state index contributed by atoms with van der Waals surface area (Å²) in [7, 11) is 1.59. The summed E-state index contributed by atoms with van der Waals surface area (Å²) < 4.78 is 17.4. The van der Waals surface area contributed by atoms with Gasteiger partial charge in [-0.15, -0.1) is 0 Å². The Kier molecular flexibility index (Phi) is 5.53. The van der Waals surface area contributed by atoms with Crippen molar-refractivity contribution in [1.82, 2.24) is 0 Å². The standard InChI is InChI=1S/C23H18INO4/c1-3-28-21-18(24)11-14(13-20(21)27-2)12-19-23(26)29-22(25-19)17-10-6-8-15-7-4-5-9-16(15)17/h4-13H,3H2,1-2H3. The van der Waals surface area contributed by atoms with Crippen LogP contribution in [-0.2, 0) is 9.53 Å². The number of hydrogen-bond donors (Lipinski definition) is 0. The van der Waals surface area contributed by atoms with Crippen molar-refractivity contribution >= 4 is 51.3 Å². The van der Waals surface area contributed by atoms with E-state index in [-0.39, 0.29) is 5.70 Å². The molecule has 0 unspecified atom stereocenters. The van der Waals surface area contributed by atoms with Crippen LogP contribution in [0.25, 0.3) is 16.8 Å². The number of carbonyl (C=O) groups excluding carboxylic acids is 1. The van der Waals surface area contributed by atoms with Gasteiger partial charge in [-0.1, -0.05) is 36.4 Å². The highest BCUT2D eigenvalue weighted by molar-refractivity contribution is 14.1. The largest absolute Gasteiger partial charge is 0.493 e. The summed E-state index contributed by atoms with van der Waals surface area (Å²) in [6.07, 6.45) is 1.70. The average Bonchev–Trinajstić information content (AvgIpc) is 3.09. The van der Waals surface area contributed by atoms with Crippen molar-refractivity contribution in [2.24, 2.45) is 4.99 Å². The summed E-state index contributed by atoms with van der Waals surface area (Å²) in [6.45, 7) is 2.46. The van der Waals surface area contributed by atoms with Crippen molar-refractivity contribution < 1.29 is 19.0 Å². The molecule has 0 fully saturated rings. The lowest BCUT2D eigenvalue weighted by Crippen LogP contribution is -2.05. The number of cyclic esters (lactones) is 1. The van der Waals surface area contributed by atoms with E-state index in [0.717, 1.165) is 25.5 Å². The Labute approximate surface area is 182 Å². The highest BCUT2D eigenvalue weighted by Crippen LogP contribution is 2.35. The van der Waals surface area contributed by atoms with Gasteiger partial charge in [-0.05, 0) is 70.1 Å². The van der Waals surface area contributed by atoms with Crippen molar-refractivity contribution in [3.8, 4) is 11.5 Å². The number of methoxy groups -OCH3 is 1. The van der Waals surface area contributed by atoms with E-state index in [4.69, 9.17) is 14.2 Å². The first kappa shape index (κ1) is 19.4. The third-order valence-corrected chi connectivity index (χ3v) is 5.29. The molecular weight excluding hydrogens is 481 g/mol. The summed E-state index contributed by atoms with van der Waals surface area (Å²) in [6, 6.07) is 17.5. The van der Waals surface area contributed by atoms with Crippen molar-refractivity contribution in [2.75, 3.05) is 13.7 Å². The maximum Gasteiger partial charge on any atom is 0.363 e. The summed E-state index contributed by atoms with van der Waals surface area (Å²) >= 11 is 2.19. The smallest absolute Gasteiger partial charge is 0.363 e. The molecule has 3 aromatic rings. The molecule has 1 aliphatic rings. The van der Waals surface area contributed by atoms with Gasteiger partial charge in [0.1, 0.15) is 0 Å². The number of benzene rings is 3. The third-order valence-electron chi connectivity index (χ3n) is 4.48. The molecule has 3 aromatic carbocycles. The van der Waals surface area contributed by atoms with Crippen LogP contribution in [0.2, 0.25) is 0 Å². The number of nitrogens with zero attached hydrogens (tertiary/aromatic N) is 1. The maximum absolute atomic E-state index is 12.4. The third kappa shape index (κ3) is 3.85. The number of hydrogen-bond acceptors (Lipinski definition) is 5. The summed E-state index contributed by atoms with van der Waals surface area (Å²) in [5.74, 6) is 1.13. The van der Waals surface area contributed by atoms with Crippen molar-refractivity contribution in [2.45, 2.75) is 6.92 Å². The van der Waals surface area contributed by atoms with E-state index in [9.17, 15) is 4.79 Å². The van der Waals surface area contributed by atoms with E-state index in [1.165, 1.54) is 0 Å². The van der Waals surface area contributed by atoms with Gasteiger partial charge in [0, 0.05) is 5.56 Å². The summed E-state index contributed by atoms with van der Waals surface area (Å²) in [5, 5.41) is 2.05. The van der Waals surface area contributed by atoms with E-state index in [2.05, 4.69) is 27.6 Å². The molecule has 0 saturated carbocycles. The second-order valence-corrected chi connectivity index (χ2v) is 7.49. The molecule has 0 amide bonds. The zero-order chi connectivity index (χ0) is 20.4. The molecule has 0 radical (unpaired) electrons. The molecule has 6 heteroatoms. The van der Waals surface area contributed by atoms with Crippen LogP contribution >= 0.6 is 22.6 Å². The molecule has 5 nitrogen and oxygen atoms in total. The van der Waals surface area contributed by atoms with Crippen LogP contribution in [0.4, 0.5) is 0 Å². The molecule has 4 rings (SSSR count). The van der Waals surface area contributed by atoms with E-state index in [1.54, 1.807) is 13.2 Å². The highest BCUT2D eigenvalue weighted by Gasteiger charge is 2.25. The Bertz CT molecular complexity index is 1160. The van der Waals surface area contributed by atoms with Crippen LogP contribution in [0, 0.1) is 3.57 Å². The topological polar surface area (TPSA) is 57.1 Å². The lowest BCUT2D eigenvalue weighted by Gasteiger charge is -2.12. The van der Waals surface area contributed by atoms with Crippen molar-refractivity contribution in [3.63, 3.8) is 0 Å². The highest BCUT2D eigenvalue weighted by atomic mass is 127. The van der Waals surface area contributed by atoms with E-state index < -0.39 is 5.97 Å². The number of carbonyl (C=O) groups is 1. The lowest BCUT2D eigenvalue weighted by molar-refractivity contribution is -0.129. The minimum Gasteiger partial charge on any atom is -0.493 e. The minimum absolute atomic E-state index is 0.245. The minimum atomic E-state index is -0.476. The Morgan fingerprint density at radius 1 is 1.14 bits per heavy atom. The first-order valence-electron chi connectivity index (χ1n) is 9.11. The maximum atomic E-state index is 12.4. The fourth-order valence-electron chi connectivity index (χ4n) is 3.20. The van der Waals surface area contributed by atoms with Gasteiger partial charge in [0.05, 0.1) is 17.3 Å². The normalized spacial score (nSPS) is 14.8. The predicted octanol–water partition coefficient (Wildman–Crippen LogP) is 5.20. The molecule has 29 heavy (non-hydrogen) atoms. The van der Waals surface area contributed by atoms with Crippen LogP contribution < -0.4 is 9.47 Å². The summed E-state index contributed by atoms with van der Waals surface area (Å²) in [4.78, 5) is 16.9. The number of fused-ring (bicyclic) bond motifs is 1. The van der Waals surface area contributed by atoms with Crippen LogP contribution in [0.1, 0.15) is 18.1 Å². The van der Waals surface area contributed by atoms with Gasteiger partial charge in [0.15, 0.2) is 17.2 Å². The number of ether oxygens (including phenoxy) is 3. The lowest BCUT2D eigenvalue weighted by atomic mass is 10.0. The van der Waals surface area contributed by atoms with Gasteiger partial charge in [-0.2, -0.15) is 0 Å². The monoisotopic (exact) mass is 499 g/mol. The molecule has 146 valence electrons. The predicted molar refractivity (Wildman–Crippen MR) is 121 cm³/mol. The number of rotatable bonds is 5. The Morgan fingerprint density at radius 3 is 2.72 bits per heavy atom. The summed E-state index contributed by atoms with van der Waals surface area (Å²) in [5.41, 5.74) is 1.82. The van der Waals surface area contributed by atoms with Crippen molar-refractivity contribution in [3.05, 3.63) is 75.0 Å². The van der Waals surface area contributed by atoms with Gasteiger partial charge < -0.3 is 14.2 Å². The molecule has 0 bridgehead atoms. The molecule has 0 aliphatic carbocycles. The van der Waals surface area contributed by atoms with Crippen molar-refractivity contribution in [1.29, 1.82) is 0 Å².